The van der Waals surface area contributed by atoms with Crippen molar-refractivity contribution in [1.29, 1.82) is 0 Å². The molecule has 3 nitrogen and oxygen atoms in total. The maximum Gasteiger partial charge on any atom is 0.416 e. The normalized spacial score (nSPS) is 12.6. The van der Waals surface area contributed by atoms with Gasteiger partial charge in [0.2, 0.25) is 10.0 Å². The molecule has 2 rings (SSSR count). The van der Waals surface area contributed by atoms with Crippen LogP contribution < -0.4 is 0 Å². The lowest BCUT2D eigenvalue weighted by Crippen LogP contribution is -2.27. The SMILES string of the molecule is Cc1cc(F)ccc1S(=O)(=O)N(C)Cc1ccc(C(F)(F)F)cc1. The van der Waals surface area contributed by atoms with Crippen LogP contribution in [-0.4, -0.2) is 19.8 Å². The standard InChI is InChI=1S/C16H15F4NO2S/c1-11-9-14(17)7-8-15(11)24(22,23)21(2)10-12-3-5-13(6-4-12)16(18,19)20/h3-9H,10H2,1-2H3. The van der Waals surface area contributed by atoms with Crippen LogP contribution in [0.4, 0.5) is 17.6 Å². The van der Waals surface area contributed by atoms with E-state index in [1.54, 1.807) is 0 Å². The minimum absolute atomic E-state index is 0.0432. The monoisotopic (exact) mass is 361 g/mol. The third kappa shape index (κ3) is 3.93. The molecule has 0 heterocycles. The fourth-order valence-corrected chi connectivity index (χ4v) is 3.57. The zero-order valence-corrected chi connectivity index (χ0v) is 13.7. The lowest BCUT2D eigenvalue weighted by atomic mass is 10.1. The van der Waals surface area contributed by atoms with Crippen LogP contribution in [-0.2, 0) is 22.7 Å². The maximum absolute atomic E-state index is 13.1. The van der Waals surface area contributed by atoms with Gasteiger partial charge in [0.1, 0.15) is 5.82 Å². The summed E-state index contributed by atoms with van der Waals surface area (Å²) in [6.45, 7) is 1.37. The van der Waals surface area contributed by atoms with Crippen molar-refractivity contribution in [2.45, 2.75) is 24.5 Å². The summed E-state index contributed by atoms with van der Waals surface area (Å²) in [7, 11) is -2.56. The van der Waals surface area contributed by atoms with Crippen molar-refractivity contribution >= 4 is 10.0 Å². The summed E-state index contributed by atoms with van der Waals surface area (Å²) < 4.78 is 76.8. The Balaban J connectivity index is 2.23. The molecule has 0 fully saturated rings. The maximum atomic E-state index is 13.1. The number of halogens is 4. The molecule has 0 aliphatic carbocycles. The first-order chi connectivity index (χ1) is 11.0. The second kappa shape index (κ2) is 6.52. The van der Waals surface area contributed by atoms with Crippen molar-refractivity contribution in [3.8, 4) is 0 Å². The van der Waals surface area contributed by atoms with Gasteiger partial charge in [-0.05, 0) is 48.4 Å². The summed E-state index contributed by atoms with van der Waals surface area (Å²) in [5.74, 6) is -0.545. The number of sulfonamides is 1. The molecule has 130 valence electrons. The fourth-order valence-electron chi connectivity index (χ4n) is 2.21. The Morgan fingerprint density at radius 3 is 2.12 bits per heavy atom. The van der Waals surface area contributed by atoms with Gasteiger partial charge in [0.15, 0.2) is 0 Å². The highest BCUT2D eigenvalue weighted by atomic mass is 32.2. The van der Waals surface area contributed by atoms with E-state index >= 15 is 0 Å². The molecule has 0 atom stereocenters. The van der Waals surface area contributed by atoms with E-state index in [1.807, 2.05) is 0 Å². The summed E-state index contributed by atoms with van der Waals surface area (Å²) in [5.41, 5.74) is -0.130. The molecule has 24 heavy (non-hydrogen) atoms. The zero-order valence-electron chi connectivity index (χ0n) is 12.9. The van der Waals surface area contributed by atoms with Crippen molar-refractivity contribution in [3.63, 3.8) is 0 Å². The molecular weight excluding hydrogens is 346 g/mol. The Bertz CT molecular complexity index is 830. The molecule has 2 aromatic carbocycles. The Kier molecular flexibility index (Phi) is 5.00. The number of alkyl halides is 3. The van der Waals surface area contributed by atoms with Gasteiger partial charge in [0.25, 0.3) is 0 Å². The van der Waals surface area contributed by atoms with Crippen molar-refractivity contribution in [1.82, 2.24) is 4.31 Å². The van der Waals surface area contributed by atoms with E-state index in [4.69, 9.17) is 0 Å². The number of aryl methyl sites for hydroxylation is 1. The summed E-state index contributed by atoms with van der Waals surface area (Å²) in [6.07, 6.45) is -4.44. The number of benzene rings is 2. The van der Waals surface area contributed by atoms with Crippen LogP contribution in [0.5, 0.6) is 0 Å². The van der Waals surface area contributed by atoms with Gasteiger partial charge in [0, 0.05) is 13.6 Å². The van der Waals surface area contributed by atoms with E-state index < -0.39 is 27.6 Å². The number of hydrogen-bond donors (Lipinski definition) is 0. The second-order valence-corrected chi connectivity index (χ2v) is 7.38. The summed E-state index contributed by atoms with van der Waals surface area (Å²) in [4.78, 5) is -0.0432. The minimum Gasteiger partial charge on any atom is -0.207 e. The van der Waals surface area contributed by atoms with E-state index in [2.05, 4.69) is 0 Å². The van der Waals surface area contributed by atoms with Crippen LogP contribution in [0.25, 0.3) is 0 Å². The molecule has 2 aromatic rings. The zero-order chi connectivity index (χ0) is 18.1. The summed E-state index contributed by atoms with van der Waals surface area (Å²) in [5, 5.41) is 0. The van der Waals surface area contributed by atoms with Crippen LogP contribution in [0.1, 0.15) is 16.7 Å². The van der Waals surface area contributed by atoms with E-state index in [9.17, 15) is 26.0 Å². The summed E-state index contributed by atoms with van der Waals surface area (Å²) in [6, 6.07) is 7.59. The van der Waals surface area contributed by atoms with Crippen LogP contribution >= 0.6 is 0 Å². The minimum atomic E-state index is -4.44. The highest BCUT2D eigenvalue weighted by Crippen LogP contribution is 2.29. The molecule has 0 aromatic heterocycles. The first kappa shape index (κ1) is 18.4. The van der Waals surface area contributed by atoms with E-state index in [-0.39, 0.29) is 17.0 Å². The first-order valence-electron chi connectivity index (χ1n) is 6.90. The average molecular weight is 361 g/mol. The second-order valence-electron chi connectivity index (χ2n) is 5.37. The van der Waals surface area contributed by atoms with Gasteiger partial charge in [0.05, 0.1) is 10.5 Å². The Morgan fingerprint density at radius 2 is 1.62 bits per heavy atom. The molecule has 0 bridgehead atoms. The highest BCUT2D eigenvalue weighted by molar-refractivity contribution is 7.89. The third-order valence-corrected chi connectivity index (χ3v) is 5.48. The van der Waals surface area contributed by atoms with Crippen molar-refractivity contribution in [2.75, 3.05) is 7.05 Å². The van der Waals surface area contributed by atoms with Crippen LogP contribution in [0.3, 0.4) is 0 Å². The molecule has 0 amide bonds. The Hall–Kier alpha value is -1.93. The third-order valence-electron chi connectivity index (χ3n) is 3.51. The lowest BCUT2D eigenvalue weighted by Gasteiger charge is -2.19. The molecule has 8 heteroatoms. The molecule has 0 saturated heterocycles. The topological polar surface area (TPSA) is 37.4 Å². The Labute approximate surface area is 137 Å². The van der Waals surface area contributed by atoms with E-state index in [0.717, 1.165) is 28.6 Å². The van der Waals surface area contributed by atoms with Gasteiger partial charge < -0.3 is 0 Å². The van der Waals surface area contributed by atoms with Crippen molar-refractivity contribution < 1.29 is 26.0 Å². The number of hydrogen-bond acceptors (Lipinski definition) is 2. The van der Waals surface area contributed by atoms with Gasteiger partial charge in [-0.1, -0.05) is 12.1 Å². The highest BCUT2D eigenvalue weighted by Gasteiger charge is 2.30. The van der Waals surface area contributed by atoms with Gasteiger partial charge in [-0.2, -0.15) is 17.5 Å². The average Bonchev–Trinajstić information content (AvgIpc) is 2.46. The van der Waals surface area contributed by atoms with Crippen LogP contribution in [0.15, 0.2) is 47.4 Å². The Morgan fingerprint density at radius 1 is 1.04 bits per heavy atom. The van der Waals surface area contributed by atoms with Crippen LogP contribution in [0, 0.1) is 12.7 Å². The molecule has 0 saturated carbocycles. The molecule has 0 spiro atoms. The summed E-state index contributed by atoms with van der Waals surface area (Å²) >= 11 is 0. The predicted molar refractivity (Wildman–Crippen MR) is 81.2 cm³/mol. The molecule has 0 N–H and O–H groups in total. The molecule has 0 aliphatic heterocycles. The molecule has 0 radical (unpaired) electrons. The lowest BCUT2D eigenvalue weighted by molar-refractivity contribution is -0.137. The van der Waals surface area contributed by atoms with Crippen LogP contribution in [0.2, 0.25) is 0 Å². The van der Waals surface area contributed by atoms with Crippen molar-refractivity contribution in [3.05, 3.63) is 65.0 Å². The van der Waals surface area contributed by atoms with Gasteiger partial charge in [-0.3, -0.25) is 0 Å². The molecular formula is C16H15F4NO2S. The van der Waals surface area contributed by atoms with Gasteiger partial charge in [-0.25, -0.2) is 12.8 Å². The van der Waals surface area contributed by atoms with Gasteiger partial charge in [-0.15, -0.1) is 0 Å². The van der Waals surface area contributed by atoms with E-state index in [1.165, 1.54) is 32.2 Å². The quantitative estimate of drug-likeness (QED) is 0.773. The van der Waals surface area contributed by atoms with Crippen molar-refractivity contribution in [2.24, 2.45) is 0 Å². The molecule has 0 aliphatic rings. The number of rotatable bonds is 4. The fraction of sp³-hybridized carbons (Fsp3) is 0.250. The molecule has 0 unspecified atom stereocenters. The first-order valence-corrected chi connectivity index (χ1v) is 8.34. The number of nitrogens with zero attached hydrogens (tertiary/aromatic N) is 1. The van der Waals surface area contributed by atoms with Gasteiger partial charge >= 0.3 is 6.18 Å². The smallest absolute Gasteiger partial charge is 0.207 e. The van der Waals surface area contributed by atoms with E-state index in [0.29, 0.717) is 5.56 Å². The predicted octanol–water partition coefficient (Wildman–Crippen LogP) is 3.97. The largest absolute Gasteiger partial charge is 0.416 e.